The molecule has 0 aromatic heterocycles. The van der Waals surface area contributed by atoms with Crippen molar-refractivity contribution in [3.63, 3.8) is 0 Å². The number of benzene rings is 3. The predicted octanol–water partition coefficient (Wildman–Crippen LogP) is 4.69. The van der Waals surface area contributed by atoms with Crippen LogP contribution in [0.4, 0.5) is 21.9 Å². The maximum absolute atomic E-state index is 13.1. The quantitative estimate of drug-likeness (QED) is 0.185. The molecular formula is C29H25N5O9S. The average Bonchev–Trinajstić information content (AvgIpc) is 3.29. The smallest absolute Gasteiger partial charge is 0.318 e. The Balaban J connectivity index is 1.25. The Morgan fingerprint density at radius 2 is 1.61 bits per heavy atom. The van der Waals surface area contributed by atoms with Gasteiger partial charge in [-0.25, -0.2) is 0 Å². The van der Waals surface area contributed by atoms with Crippen LogP contribution in [0.25, 0.3) is 6.08 Å². The molecule has 2 heterocycles. The number of ether oxygens (including phenoxy) is 2. The van der Waals surface area contributed by atoms with Crippen molar-refractivity contribution in [1.29, 1.82) is 0 Å². The molecular weight excluding hydrogens is 594 g/mol. The van der Waals surface area contributed by atoms with Crippen LogP contribution in [0.3, 0.4) is 0 Å². The lowest BCUT2D eigenvalue weighted by Crippen LogP contribution is -2.51. The second-order valence-electron chi connectivity index (χ2n) is 9.65. The number of piperazine rings is 1. The van der Waals surface area contributed by atoms with Crippen LogP contribution in [0.5, 0.6) is 17.2 Å². The SMILES string of the molecule is COc1cc(/C=C2/SC(=O)N(CC(=O)N3CCN(c4ccccc4)CC3)C2=O)ccc1Oc1ccc([N+](=O)[O-])cc1[N+](=O)[O-]. The molecule has 2 fully saturated rings. The van der Waals surface area contributed by atoms with Gasteiger partial charge in [-0.15, -0.1) is 0 Å². The highest BCUT2D eigenvalue weighted by Gasteiger charge is 2.37. The summed E-state index contributed by atoms with van der Waals surface area (Å²) >= 11 is 0.710. The Bertz CT molecular complexity index is 1670. The number of thioether (sulfide) groups is 1. The van der Waals surface area contributed by atoms with Gasteiger partial charge >= 0.3 is 5.69 Å². The fourth-order valence-electron chi connectivity index (χ4n) is 4.70. The van der Waals surface area contributed by atoms with Crippen molar-refractivity contribution in [2.24, 2.45) is 0 Å². The van der Waals surface area contributed by atoms with Gasteiger partial charge in [0.1, 0.15) is 6.54 Å². The number of non-ortho nitro benzene ring substituents is 1. The zero-order chi connectivity index (χ0) is 31.4. The lowest BCUT2D eigenvalue weighted by atomic mass is 10.1. The van der Waals surface area contributed by atoms with E-state index in [4.69, 9.17) is 9.47 Å². The Hall–Kier alpha value is -5.44. The van der Waals surface area contributed by atoms with Gasteiger partial charge in [0.15, 0.2) is 11.5 Å². The molecule has 0 bridgehead atoms. The van der Waals surface area contributed by atoms with Crippen molar-refractivity contribution in [3.8, 4) is 17.2 Å². The molecule has 2 saturated heterocycles. The van der Waals surface area contributed by atoms with Crippen LogP contribution >= 0.6 is 11.8 Å². The molecule has 44 heavy (non-hydrogen) atoms. The van der Waals surface area contributed by atoms with Gasteiger partial charge in [-0.2, -0.15) is 0 Å². The summed E-state index contributed by atoms with van der Waals surface area (Å²) < 4.78 is 11.0. The second kappa shape index (κ2) is 12.8. The molecule has 5 rings (SSSR count). The van der Waals surface area contributed by atoms with E-state index in [2.05, 4.69) is 4.90 Å². The molecule has 3 aromatic carbocycles. The molecule has 15 heteroatoms. The van der Waals surface area contributed by atoms with Crippen LogP contribution < -0.4 is 14.4 Å². The highest BCUT2D eigenvalue weighted by molar-refractivity contribution is 8.18. The third-order valence-corrected chi connectivity index (χ3v) is 7.88. The molecule has 3 amide bonds. The zero-order valence-electron chi connectivity index (χ0n) is 23.3. The largest absolute Gasteiger partial charge is 0.493 e. The molecule has 0 spiro atoms. The minimum Gasteiger partial charge on any atom is -0.493 e. The first-order valence-corrected chi connectivity index (χ1v) is 14.1. The van der Waals surface area contributed by atoms with Gasteiger partial charge in [0.25, 0.3) is 16.8 Å². The van der Waals surface area contributed by atoms with Gasteiger partial charge < -0.3 is 19.3 Å². The number of rotatable bonds is 9. The molecule has 0 saturated carbocycles. The van der Waals surface area contributed by atoms with E-state index in [1.807, 2.05) is 30.3 Å². The predicted molar refractivity (Wildman–Crippen MR) is 161 cm³/mol. The number of carbonyl (C=O) groups is 3. The van der Waals surface area contributed by atoms with Gasteiger partial charge in [0.2, 0.25) is 11.7 Å². The molecule has 0 unspecified atom stereocenters. The van der Waals surface area contributed by atoms with Gasteiger partial charge in [0, 0.05) is 37.9 Å². The van der Waals surface area contributed by atoms with E-state index in [9.17, 15) is 34.6 Å². The van der Waals surface area contributed by atoms with Gasteiger partial charge in [-0.05, 0) is 53.7 Å². The number of nitrogens with zero attached hydrogens (tertiary/aromatic N) is 5. The fourth-order valence-corrected chi connectivity index (χ4v) is 5.54. The topological polar surface area (TPSA) is 166 Å². The van der Waals surface area contributed by atoms with Crippen LogP contribution in [-0.2, 0) is 9.59 Å². The number of para-hydroxylation sites is 1. The molecule has 0 atom stereocenters. The highest BCUT2D eigenvalue weighted by Crippen LogP contribution is 2.39. The molecule has 14 nitrogen and oxygen atoms in total. The molecule has 2 aliphatic heterocycles. The maximum Gasteiger partial charge on any atom is 0.318 e. The first-order chi connectivity index (χ1) is 21.1. The van der Waals surface area contributed by atoms with Crippen molar-refractivity contribution >= 4 is 52.0 Å². The molecule has 3 aromatic rings. The number of hydrogen-bond donors (Lipinski definition) is 0. The summed E-state index contributed by atoms with van der Waals surface area (Å²) in [5.74, 6) is -0.927. The van der Waals surface area contributed by atoms with Crippen molar-refractivity contribution in [2.45, 2.75) is 0 Å². The molecule has 2 aliphatic rings. The van der Waals surface area contributed by atoms with Crippen LogP contribution in [0.15, 0.2) is 71.6 Å². The summed E-state index contributed by atoms with van der Waals surface area (Å²) in [6, 6.07) is 17.3. The molecule has 226 valence electrons. The maximum atomic E-state index is 13.1. The number of methoxy groups -OCH3 is 1. The lowest BCUT2D eigenvalue weighted by Gasteiger charge is -2.36. The van der Waals surface area contributed by atoms with Crippen LogP contribution in [-0.4, -0.2) is 76.5 Å². The van der Waals surface area contributed by atoms with E-state index >= 15 is 0 Å². The standard InChI is InChI=1S/C29H25N5O9S/c1-42-25-15-19(7-9-24(25)43-23-10-8-21(33(38)39)17-22(23)34(40)41)16-26-28(36)32(29(37)44-26)18-27(35)31-13-11-30(12-14-31)20-5-3-2-4-6-20/h2-10,15-17H,11-14,18H2,1H3/b26-16+. The minimum absolute atomic E-state index is 0.0765. The first-order valence-electron chi connectivity index (χ1n) is 13.3. The third-order valence-electron chi connectivity index (χ3n) is 6.98. The fraction of sp³-hybridized carbons (Fsp3) is 0.207. The zero-order valence-corrected chi connectivity index (χ0v) is 24.1. The third kappa shape index (κ3) is 6.47. The van der Waals surface area contributed by atoms with Gasteiger partial charge in [0.05, 0.1) is 27.9 Å². The Labute approximate surface area is 254 Å². The van der Waals surface area contributed by atoms with Crippen molar-refractivity contribution < 1.29 is 33.7 Å². The number of anilines is 1. The van der Waals surface area contributed by atoms with E-state index in [0.29, 0.717) is 43.5 Å². The molecule has 0 N–H and O–H groups in total. The van der Waals surface area contributed by atoms with Crippen molar-refractivity contribution in [2.75, 3.05) is 44.7 Å². The number of carbonyl (C=O) groups excluding carboxylic acids is 3. The van der Waals surface area contributed by atoms with E-state index in [-0.39, 0.29) is 34.6 Å². The Morgan fingerprint density at radius 1 is 0.909 bits per heavy atom. The summed E-state index contributed by atoms with van der Waals surface area (Å²) in [5, 5.41) is 21.9. The first kappa shape index (κ1) is 30.0. The Kier molecular flexibility index (Phi) is 8.76. The van der Waals surface area contributed by atoms with E-state index in [0.717, 1.165) is 28.8 Å². The second-order valence-corrected chi connectivity index (χ2v) is 10.6. The normalized spacial score (nSPS) is 15.9. The summed E-state index contributed by atoms with van der Waals surface area (Å²) in [4.78, 5) is 64.5. The summed E-state index contributed by atoms with van der Waals surface area (Å²) in [5.41, 5.74) is 0.458. The van der Waals surface area contributed by atoms with Gasteiger partial charge in [-0.1, -0.05) is 24.3 Å². The summed E-state index contributed by atoms with van der Waals surface area (Å²) in [6.45, 7) is 1.85. The van der Waals surface area contributed by atoms with E-state index < -0.39 is 32.4 Å². The summed E-state index contributed by atoms with van der Waals surface area (Å²) in [7, 11) is 1.34. The molecule has 0 aliphatic carbocycles. The minimum atomic E-state index is -0.797. The van der Waals surface area contributed by atoms with Crippen LogP contribution in [0.2, 0.25) is 0 Å². The van der Waals surface area contributed by atoms with Crippen molar-refractivity contribution in [1.82, 2.24) is 9.80 Å². The Morgan fingerprint density at radius 3 is 2.27 bits per heavy atom. The number of nitro benzene ring substituents is 2. The lowest BCUT2D eigenvalue weighted by molar-refractivity contribution is -0.394. The van der Waals surface area contributed by atoms with Crippen LogP contribution in [0.1, 0.15) is 5.56 Å². The van der Waals surface area contributed by atoms with Gasteiger partial charge in [-0.3, -0.25) is 39.5 Å². The molecule has 0 radical (unpaired) electrons. The number of nitro groups is 2. The number of imide groups is 1. The van der Waals surface area contributed by atoms with E-state index in [1.165, 1.54) is 25.3 Å². The van der Waals surface area contributed by atoms with Crippen molar-refractivity contribution in [3.05, 3.63) is 97.4 Å². The van der Waals surface area contributed by atoms with Crippen LogP contribution in [0, 0.1) is 20.2 Å². The summed E-state index contributed by atoms with van der Waals surface area (Å²) in [6.07, 6.45) is 1.47. The number of amides is 3. The number of hydrogen-bond acceptors (Lipinski definition) is 11. The average molecular weight is 620 g/mol. The monoisotopic (exact) mass is 619 g/mol. The van der Waals surface area contributed by atoms with E-state index in [1.54, 1.807) is 11.0 Å². The highest BCUT2D eigenvalue weighted by atomic mass is 32.2.